The molecule has 0 radical (unpaired) electrons. The van der Waals surface area contributed by atoms with Crippen molar-refractivity contribution < 1.29 is 9.53 Å². The second-order valence-electron chi connectivity index (χ2n) is 3.18. The molecule has 0 aromatic rings. The monoisotopic (exact) mass is 203 g/mol. The topological polar surface area (TPSA) is 67.6 Å². The highest BCUT2D eigenvalue weighted by Gasteiger charge is 2.11. The number of ether oxygens (including phenoxy) is 1. The van der Waals surface area contributed by atoms with E-state index in [1.165, 1.54) is 0 Å². The zero-order valence-electron chi connectivity index (χ0n) is 9.25. The molecule has 0 aliphatic carbocycles. The highest BCUT2D eigenvalue weighted by Crippen LogP contribution is 1.93. The van der Waals surface area contributed by atoms with Gasteiger partial charge in [0.05, 0.1) is 12.6 Å². The van der Waals surface area contributed by atoms with Gasteiger partial charge in [-0.3, -0.25) is 9.69 Å². The van der Waals surface area contributed by atoms with Gasteiger partial charge in [-0.2, -0.15) is 0 Å². The van der Waals surface area contributed by atoms with Crippen LogP contribution in [-0.4, -0.2) is 57.2 Å². The van der Waals surface area contributed by atoms with Gasteiger partial charge in [0.1, 0.15) is 0 Å². The van der Waals surface area contributed by atoms with E-state index in [1.807, 2.05) is 18.9 Å². The lowest BCUT2D eigenvalue weighted by atomic mass is 10.3. The molecule has 14 heavy (non-hydrogen) atoms. The van der Waals surface area contributed by atoms with Crippen LogP contribution in [0.3, 0.4) is 0 Å². The number of amides is 1. The Hall–Kier alpha value is -0.650. The van der Waals surface area contributed by atoms with Crippen LogP contribution in [0.2, 0.25) is 0 Å². The first-order chi connectivity index (χ1) is 6.63. The van der Waals surface area contributed by atoms with E-state index in [0.29, 0.717) is 26.2 Å². The van der Waals surface area contributed by atoms with E-state index in [2.05, 4.69) is 5.32 Å². The first-order valence-corrected chi connectivity index (χ1v) is 4.84. The molecule has 0 aromatic heterocycles. The number of hydrogen-bond acceptors (Lipinski definition) is 4. The normalized spacial score (nSPS) is 12.9. The predicted molar refractivity (Wildman–Crippen MR) is 56.0 cm³/mol. The fourth-order valence-electron chi connectivity index (χ4n) is 1.17. The average molecular weight is 203 g/mol. The van der Waals surface area contributed by atoms with Crippen LogP contribution in [0.5, 0.6) is 0 Å². The van der Waals surface area contributed by atoms with Gasteiger partial charge < -0.3 is 15.8 Å². The van der Waals surface area contributed by atoms with Gasteiger partial charge in [0.15, 0.2) is 0 Å². The van der Waals surface area contributed by atoms with E-state index < -0.39 is 0 Å². The van der Waals surface area contributed by atoms with Crippen molar-refractivity contribution in [3.8, 4) is 0 Å². The van der Waals surface area contributed by atoms with Crippen molar-refractivity contribution in [2.45, 2.75) is 13.0 Å². The first kappa shape index (κ1) is 13.4. The SMILES string of the molecule is CCOC(CN)CN(C)CC(=O)NC. The van der Waals surface area contributed by atoms with Crippen LogP contribution >= 0.6 is 0 Å². The molecule has 1 unspecified atom stereocenters. The Bertz CT molecular complexity index is 164. The van der Waals surface area contributed by atoms with Gasteiger partial charge in [0, 0.05) is 26.7 Å². The molecule has 3 N–H and O–H groups in total. The lowest BCUT2D eigenvalue weighted by molar-refractivity contribution is -0.121. The van der Waals surface area contributed by atoms with Crippen molar-refractivity contribution in [3.63, 3.8) is 0 Å². The van der Waals surface area contributed by atoms with Crippen molar-refractivity contribution in [2.75, 3.05) is 40.3 Å². The molecule has 0 spiro atoms. The maximum absolute atomic E-state index is 11.0. The van der Waals surface area contributed by atoms with Gasteiger partial charge in [-0.15, -0.1) is 0 Å². The molecule has 0 heterocycles. The second-order valence-corrected chi connectivity index (χ2v) is 3.18. The zero-order valence-corrected chi connectivity index (χ0v) is 9.25. The molecule has 84 valence electrons. The van der Waals surface area contributed by atoms with Crippen LogP contribution in [0, 0.1) is 0 Å². The summed E-state index contributed by atoms with van der Waals surface area (Å²) in [5, 5.41) is 2.57. The van der Waals surface area contributed by atoms with Crippen molar-refractivity contribution in [1.29, 1.82) is 0 Å². The molecule has 0 aliphatic rings. The summed E-state index contributed by atoms with van der Waals surface area (Å²) < 4.78 is 5.38. The molecule has 0 saturated carbocycles. The number of carbonyl (C=O) groups is 1. The van der Waals surface area contributed by atoms with E-state index in [-0.39, 0.29) is 12.0 Å². The molecule has 0 saturated heterocycles. The van der Waals surface area contributed by atoms with E-state index in [0.717, 1.165) is 0 Å². The van der Waals surface area contributed by atoms with E-state index >= 15 is 0 Å². The number of nitrogens with one attached hydrogen (secondary N) is 1. The molecule has 0 rings (SSSR count). The summed E-state index contributed by atoms with van der Waals surface area (Å²) in [6.07, 6.45) is 0.00894. The standard InChI is InChI=1S/C9H21N3O2/c1-4-14-8(5-10)6-12(3)7-9(13)11-2/h8H,4-7,10H2,1-3H3,(H,11,13). The third-order valence-electron chi connectivity index (χ3n) is 1.87. The summed E-state index contributed by atoms with van der Waals surface area (Å²) in [5.41, 5.74) is 5.52. The summed E-state index contributed by atoms with van der Waals surface area (Å²) in [6.45, 7) is 4.11. The molecule has 1 atom stereocenters. The summed E-state index contributed by atoms with van der Waals surface area (Å²) in [7, 11) is 3.50. The summed E-state index contributed by atoms with van der Waals surface area (Å²) >= 11 is 0. The lowest BCUT2D eigenvalue weighted by Gasteiger charge is -2.22. The highest BCUT2D eigenvalue weighted by molar-refractivity contribution is 5.77. The predicted octanol–water partition coefficient (Wildman–Crippen LogP) is -0.972. The van der Waals surface area contributed by atoms with Crippen LogP contribution in [0.4, 0.5) is 0 Å². The van der Waals surface area contributed by atoms with Crippen LogP contribution in [0.1, 0.15) is 6.92 Å². The number of hydrogen-bond donors (Lipinski definition) is 2. The minimum Gasteiger partial charge on any atom is -0.376 e. The minimum atomic E-state index is -0.000213. The van der Waals surface area contributed by atoms with E-state index in [1.54, 1.807) is 7.05 Å². The van der Waals surface area contributed by atoms with Gasteiger partial charge in [0.2, 0.25) is 5.91 Å². The number of likely N-dealkylation sites (N-methyl/N-ethyl adjacent to an activating group) is 2. The van der Waals surface area contributed by atoms with Gasteiger partial charge in [-0.25, -0.2) is 0 Å². The molecule has 0 aliphatic heterocycles. The Morgan fingerprint density at radius 1 is 1.64 bits per heavy atom. The Labute approximate surface area is 85.6 Å². The van der Waals surface area contributed by atoms with Crippen molar-refractivity contribution in [1.82, 2.24) is 10.2 Å². The van der Waals surface area contributed by atoms with Crippen molar-refractivity contribution >= 4 is 5.91 Å². The number of nitrogens with two attached hydrogens (primary N) is 1. The molecule has 0 bridgehead atoms. The largest absolute Gasteiger partial charge is 0.376 e. The quantitative estimate of drug-likeness (QED) is 0.558. The van der Waals surface area contributed by atoms with Crippen LogP contribution < -0.4 is 11.1 Å². The van der Waals surface area contributed by atoms with Gasteiger partial charge in [-0.05, 0) is 14.0 Å². The maximum Gasteiger partial charge on any atom is 0.233 e. The van der Waals surface area contributed by atoms with Crippen LogP contribution in [-0.2, 0) is 9.53 Å². The van der Waals surface area contributed by atoms with Gasteiger partial charge in [0.25, 0.3) is 0 Å². The number of nitrogens with zero attached hydrogens (tertiary/aromatic N) is 1. The Balaban J connectivity index is 3.77. The third-order valence-corrected chi connectivity index (χ3v) is 1.87. The molecule has 5 heteroatoms. The summed E-state index contributed by atoms with van der Waals surface area (Å²) in [4.78, 5) is 12.9. The van der Waals surface area contributed by atoms with Gasteiger partial charge >= 0.3 is 0 Å². The molecule has 1 amide bonds. The van der Waals surface area contributed by atoms with Crippen molar-refractivity contribution in [2.24, 2.45) is 5.73 Å². The lowest BCUT2D eigenvalue weighted by Crippen LogP contribution is -2.40. The number of rotatable bonds is 7. The number of carbonyl (C=O) groups excluding carboxylic acids is 1. The van der Waals surface area contributed by atoms with Crippen molar-refractivity contribution in [3.05, 3.63) is 0 Å². The first-order valence-electron chi connectivity index (χ1n) is 4.84. The van der Waals surface area contributed by atoms with E-state index in [4.69, 9.17) is 10.5 Å². The maximum atomic E-state index is 11.0. The smallest absolute Gasteiger partial charge is 0.233 e. The molecule has 0 fully saturated rings. The third kappa shape index (κ3) is 5.90. The Morgan fingerprint density at radius 2 is 2.29 bits per heavy atom. The van der Waals surface area contributed by atoms with Gasteiger partial charge in [-0.1, -0.05) is 0 Å². The average Bonchev–Trinajstić information content (AvgIpc) is 2.16. The minimum absolute atomic E-state index is 0.000213. The molecular formula is C9H21N3O2. The highest BCUT2D eigenvalue weighted by atomic mass is 16.5. The molecular weight excluding hydrogens is 182 g/mol. The molecule has 5 nitrogen and oxygen atoms in total. The van der Waals surface area contributed by atoms with E-state index in [9.17, 15) is 4.79 Å². The second kappa shape index (κ2) is 7.73. The fourth-order valence-corrected chi connectivity index (χ4v) is 1.17. The Kier molecular flexibility index (Phi) is 7.37. The Morgan fingerprint density at radius 3 is 2.71 bits per heavy atom. The molecule has 0 aromatic carbocycles. The van der Waals surface area contributed by atoms with Crippen LogP contribution in [0.15, 0.2) is 0 Å². The van der Waals surface area contributed by atoms with Crippen LogP contribution in [0.25, 0.3) is 0 Å². The zero-order chi connectivity index (χ0) is 11.0. The summed E-state index contributed by atoms with van der Waals surface area (Å²) in [5.74, 6) is -0.000213. The fraction of sp³-hybridized carbons (Fsp3) is 0.889. The summed E-state index contributed by atoms with van der Waals surface area (Å²) in [6, 6.07) is 0.